The van der Waals surface area contributed by atoms with E-state index in [9.17, 15) is 31.1 Å². The molecular weight excluding hydrogens is 492 g/mol. The van der Waals surface area contributed by atoms with E-state index in [1.54, 1.807) is 4.68 Å². The molecule has 2 atom stereocenters. The Hall–Kier alpha value is -2.96. The SMILES string of the molecule is CC1CC(Nc2cc3n(n2)CCCN(C(=O)OCc2cc(C(F)(F)F)cc(C(F)(F)F)c2)C3)CCN1. The Labute approximate surface area is 203 Å². The van der Waals surface area contributed by atoms with Gasteiger partial charge >= 0.3 is 18.4 Å². The number of amides is 1. The van der Waals surface area contributed by atoms with Gasteiger partial charge in [0.1, 0.15) is 12.4 Å². The average molecular weight is 519 g/mol. The molecule has 1 amide bonds. The molecule has 13 heteroatoms. The predicted molar refractivity (Wildman–Crippen MR) is 118 cm³/mol. The summed E-state index contributed by atoms with van der Waals surface area (Å²) < 4.78 is 85.4. The zero-order valence-corrected chi connectivity index (χ0v) is 19.5. The van der Waals surface area contributed by atoms with Gasteiger partial charge in [-0.2, -0.15) is 31.4 Å². The fraction of sp³-hybridized carbons (Fsp3) is 0.565. The summed E-state index contributed by atoms with van der Waals surface area (Å²) in [5, 5.41) is 11.4. The van der Waals surface area contributed by atoms with Gasteiger partial charge in [-0.25, -0.2) is 4.79 Å². The summed E-state index contributed by atoms with van der Waals surface area (Å²) in [4.78, 5) is 14.0. The number of benzene rings is 1. The summed E-state index contributed by atoms with van der Waals surface area (Å²) >= 11 is 0. The lowest BCUT2D eigenvalue weighted by molar-refractivity contribution is -0.143. The first kappa shape index (κ1) is 26.1. The van der Waals surface area contributed by atoms with Gasteiger partial charge in [-0.1, -0.05) is 0 Å². The summed E-state index contributed by atoms with van der Waals surface area (Å²) in [6.07, 6.45) is -8.29. The molecular formula is C23H27F6N5O2. The molecule has 0 spiro atoms. The summed E-state index contributed by atoms with van der Waals surface area (Å²) in [6, 6.07) is 3.67. The molecule has 2 aliphatic rings. The Balaban J connectivity index is 1.41. The topological polar surface area (TPSA) is 71.4 Å². The maximum absolute atomic E-state index is 13.1. The molecule has 1 saturated heterocycles. The lowest BCUT2D eigenvalue weighted by Crippen LogP contribution is -2.41. The van der Waals surface area contributed by atoms with Gasteiger partial charge in [-0.3, -0.25) is 4.68 Å². The van der Waals surface area contributed by atoms with E-state index in [1.165, 1.54) is 4.90 Å². The molecule has 2 unspecified atom stereocenters. The second-order valence-corrected chi connectivity index (χ2v) is 9.21. The van der Waals surface area contributed by atoms with E-state index in [4.69, 9.17) is 4.74 Å². The Bertz CT molecular complexity index is 1050. The number of hydrogen-bond acceptors (Lipinski definition) is 5. The van der Waals surface area contributed by atoms with E-state index in [0.29, 0.717) is 43.5 Å². The van der Waals surface area contributed by atoms with Crippen LogP contribution in [0.5, 0.6) is 0 Å². The molecule has 0 aliphatic carbocycles. The standard InChI is InChI=1S/C23H27F6N5O2/c1-14-7-18(3-4-30-14)31-20-11-19-12-33(5-2-6-34(19)32-20)21(35)36-13-15-8-16(22(24,25)26)10-17(9-15)23(27,28)29/h8-11,14,18,30H,2-7,12-13H2,1H3,(H,31,32). The third-order valence-electron chi connectivity index (χ3n) is 6.26. The first-order valence-corrected chi connectivity index (χ1v) is 11.6. The molecule has 1 aromatic carbocycles. The van der Waals surface area contributed by atoms with Gasteiger partial charge in [0.05, 0.1) is 23.4 Å². The number of nitrogens with one attached hydrogen (secondary N) is 2. The van der Waals surface area contributed by atoms with E-state index >= 15 is 0 Å². The van der Waals surface area contributed by atoms with Crippen LogP contribution in [0, 0.1) is 0 Å². The van der Waals surface area contributed by atoms with E-state index in [-0.39, 0.29) is 18.7 Å². The van der Waals surface area contributed by atoms with Crippen molar-refractivity contribution in [2.75, 3.05) is 18.4 Å². The zero-order chi connectivity index (χ0) is 26.1. The van der Waals surface area contributed by atoms with Crippen molar-refractivity contribution in [3.05, 3.63) is 46.6 Å². The number of halogens is 6. The largest absolute Gasteiger partial charge is 0.445 e. The number of carbonyl (C=O) groups excluding carboxylic acids is 1. The third-order valence-corrected chi connectivity index (χ3v) is 6.26. The highest BCUT2D eigenvalue weighted by Crippen LogP contribution is 2.36. The summed E-state index contributed by atoms with van der Waals surface area (Å²) in [5.74, 6) is 0.697. The van der Waals surface area contributed by atoms with Gasteiger partial charge in [0.15, 0.2) is 0 Å². The lowest BCUT2D eigenvalue weighted by atomic mass is 10.0. The van der Waals surface area contributed by atoms with Crippen molar-refractivity contribution in [3.8, 4) is 0 Å². The van der Waals surface area contributed by atoms with Crippen LogP contribution in [0.3, 0.4) is 0 Å². The molecule has 0 bridgehead atoms. The fourth-order valence-electron chi connectivity index (χ4n) is 4.50. The van der Waals surface area contributed by atoms with Crippen LogP contribution < -0.4 is 10.6 Å². The summed E-state index contributed by atoms with van der Waals surface area (Å²) in [6.45, 7) is 3.33. The minimum atomic E-state index is -4.97. The molecule has 36 heavy (non-hydrogen) atoms. The Kier molecular flexibility index (Phi) is 7.39. The van der Waals surface area contributed by atoms with Crippen LogP contribution in [0.2, 0.25) is 0 Å². The van der Waals surface area contributed by atoms with E-state index in [2.05, 4.69) is 22.7 Å². The van der Waals surface area contributed by atoms with Crippen LogP contribution in [0.15, 0.2) is 24.3 Å². The first-order valence-electron chi connectivity index (χ1n) is 11.6. The number of fused-ring (bicyclic) bond motifs is 1. The number of rotatable bonds is 4. The van der Waals surface area contributed by atoms with Crippen molar-refractivity contribution in [1.29, 1.82) is 0 Å². The molecule has 3 heterocycles. The second kappa shape index (κ2) is 10.2. The molecule has 198 valence electrons. The molecule has 4 rings (SSSR count). The van der Waals surface area contributed by atoms with Crippen LogP contribution >= 0.6 is 0 Å². The maximum atomic E-state index is 13.1. The van der Waals surface area contributed by atoms with Crippen LogP contribution in [0.4, 0.5) is 37.0 Å². The summed E-state index contributed by atoms with van der Waals surface area (Å²) in [7, 11) is 0. The van der Waals surface area contributed by atoms with Crippen molar-refractivity contribution in [3.63, 3.8) is 0 Å². The van der Waals surface area contributed by atoms with Gasteiger partial charge in [-0.15, -0.1) is 0 Å². The van der Waals surface area contributed by atoms with Crippen LogP contribution in [-0.2, 0) is 36.8 Å². The van der Waals surface area contributed by atoms with Crippen molar-refractivity contribution in [1.82, 2.24) is 20.0 Å². The molecule has 7 nitrogen and oxygen atoms in total. The monoisotopic (exact) mass is 519 g/mol. The number of aromatic nitrogens is 2. The second-order valence-electron chi connectivity index (χ2n) is 9.21. The highest BCUT2D eigenvalue weighted by Gasteiger charge is 2.37. The fourth-order valence-corrected chi connectivity index (χ4v) is 4.50. The highest BCUT2D eigenvalue weighted by atomic mass is 19.4. The van der Waals surface area contributed by atoms with Crippen molar-refractivity contribution >= 4 is 11.9 Å². The average Bonchev–Trinajstić information content (AvgIpc) is 3.04. The Morgan fingerprint density at radius 1 is 1.11 bits per heavy atom. The minimum Gasteiger partial charge on any atom is -0.445 e. The smallest absolute Gasteiger partial charge is 0.416 e. The van der Waals surface area contributed by atoms with Gasteiger partial charge in [0, 0.05) is 31.2 Å². The first-order chi connectivity index (χ1) is 16.9. The number of ether oxygens (including phenoxy) is 1. The van der Waals surface area contributed by atoms with Crippen molar-refractivity contribution in [2.45, 2.75) is 70.3 Å². The molecule has 0 saturated carbocycles. The van der Waals surface area contributed by atoms with E-state index < -0.39 is 41.7 Å². The molecule has 0 radical (unpaired) electrons. The Morgan fingerprint density at radius 2 is 1.81 bits per heavy atom. The number of anilines is 1. The molecule has 2 N–H and O–H groups in total. The lowest BCUT2D eigenvalue weighted by Gasteiger charge is -2.28. The molecule has 1 aromatic heterocycles. The van der Waals surface area contributed by atoms with E-state index in [1.807, 2.05) is 6.07 Å². The van der Waals surface area contributed by atoms with Crippen LogP contribution in [-0.4, -0.2) is 45.9 Å². The van der Waals surface area contributed by atoms with Gasteiger partial charge in [0.2, 0.25) is 0 Å². The summed E-state index contributed by atoms with van der Waals surface area (Å²) in [5.41, 5.74) is -2.55. The van der Waals surface area contributed by atoms with Crippen molar-refractivity contribution < 1.29 is 35.9 Å². The van der Waals surface area contributed by atoms with Gasteiger partial charge in [-0.05, 0) is 56.5 Å². The third kappa shape index (κ3) is 6.42. The molecule has 1 fully saturated rings. The number of nitrogens with zero attached hydrogens (tertiary/aromatic N) is 3. The zero-order valence-electron chi connectivity index (χ0n) is 19.5. The minimum absolute atomic E-state index is 0.0391. The van der Waals surface area contributed by atoms with Gasteiger partial charge < -0.3 is 20.3 Å². The number of carbonyl (C=O) groups is 1. The van der Waals surface area contributed by atoms with E-state index in [0.717, 1.165) is 25.1 Å². The highest BCUT2D eigenvalue weighted by molar-refractivity contribution is 5.67. The van der Waals surface area contributed by atoms with Crippen LogP contribution in [0.1, 0.15) is 48.6 Å². The van der Waals surface area contributed by atoms with Crippen molar-refractivity contribution in [2.24, 2.45) is 0 Å². The maximum Gasteiger partial charge on any atom is 0.416 e. The normalized spacial score (nSPS) is 21.0. The quantitative estimate of drug-likeness (QED) is 0.556. The Morgan fingerprint density at radius 3 is 2.44 bits per heavy atom. The number of piperidine rings is 1. The van der Waals surface area contributed by atoms with Crippen LogP contribution in [0.25, 0.3) is 0 Å². The number of hydrogen-bond donors (Lipinski definition) is 2. The molecule has 2 aliphatic heterocycles. The number of alkyl halides is 6. The molecule has 2 aromatic rings. The number of aryl methyl sites for hydroxylation is 1. The predicted octanol–water partition coefficient (Wildman–Crippen LogP) is 5.02. The van der Waals surface area contributed by atoms with Gasteiger partial charge in [0.25, 0.3) is 0 Å².